The van der Waals surface area contributed by atoms with Gasteiger partial charge < -0.3 is 19.9 Å². The molecular weight excluding hydrogens is 290 g/mol. The Hall–Kier alpha value is -1.75. The van der Waals surface area contributed by atoms with E-state index in [9.17, 15) is 4.79 Å². The molecule has 23 heavy (non-hydrogen) atoms. The van der Waals surface area contributed by atoms with Crippen molar-refractivity contribution in [1.82, 2.24) is 4.90 Å². The number of hydrogen-bond donors (Lipinski definition) is 1. The zero-order chi connectivity index (χ0) is 16.4. The number of carbonyl (C=O) groups is 1. The van der Waals surface area contributed by atoms with Crippen LogP contribution in [0.2, 0.25) is 0 Å². The molecule has 0 spiro atoms. The van der Waals surface area contributed by atoms with Crippen molar-refractivity contribution in [1.29, 1.82) is 0 Å². The largest absolute Gasteiger partial charge is 0.372 e. The minimum absolute atomic E-state index is 0.0294. The Morgan fingerprint density at radius 2 is 1.83 bits per heavy atom. The van der Waals surface area contributed by atoms with Gasteiger partial charge in [-0.15, -0.1) is 0 Å². The van der Waals surface area contributed by atoms with Crippen LogP contribution < -0.4 is 10.2 Å². The quantitative estimate of drug-likeness (QED) is 0.927. The lowest BCUT2D eigenvalue weighted by molar-refractivity contribution is -0.00521. The first kappa shape index (κ1) is 16.1. The average molecular weight is 317 g/mol. The zero-order valence-electron chi connectivity index (χ0n) is 14.3. The SMILES string of the molecule is CC1CN(c2ccc(NC(=O)N(C)CC3CC3)cc2)CC(C)O1. The third-order valence-corrected chi connectivity index (χ3v) is 4.48. The summed E-state index contributed by atoms with van der Waals surface area (Å²) in [5.41, 5.74) is 2.02. The first-order valence-electron chi connectivity index (χ1n) is 8.54. The molecule has 1 aromatic carbocycles. The van der Waals surface area contributed by atoms with Crippen molar-refractivity contribution in [2.24, 2.45) is 5.92 Å². The molecule has 1 heterocycles. The smallest absolute Gasteiger partial charge is 0.321 e. The molecule has 3 rings (SSSR count). The summed E-state index contributed by atoms with van der Waals surface area (Å²) in [4.78, 5) is 16.2. The minimum atomic E-state index is -0.0294. The number of hydrogen-bond acceptors (Lipinski definition) is 3. The lowest BCUT2D eigenvalue weighted by Crippen LogP contribution is -2.45. The molecule has 1 saturated carbocycles. The van der Waals surface area contributed by atoms with E-state index in [4.69, 9.17) is 4.74 Å². The van der Waals surface area contributed by atoms with Crippen LogP contribution in [0.5, 0.6) is 0 Å². The van der Waals surface area contributed by atoms with Crippen LogP contribution in [0.1, 0.15) is 26.7 Å². The molecule has 5 nitrogen and oxygen atoms in total. The number of carbonyl (C=O) groups excluding carboxylic acids is 1. The Kier molecular flexibility index (Phi) is 4.76. The van der Waals surface area contributed by atoms with Gasteiger partial charge in [-0.2, -0.15) is 0 Å². The van der Waals surface area contributed by atoms with Crippen LogP contribution in [0.25, 0.3) is 0 Å². The number of rotatable bonds is 4. The van der Waals surface area contributed by atoms with Gasteiger partial charge in [-0.05, 0) is 56.9 Å². The number of urea groups is 1. The molecule has 0 aromatic heterocycles. The number of benzene rings is 1. The van der Waals surface area contributed by atoms with Gasteiger partial charge in [0, 0.05) is 38.1 Å². The van der Waals surface area contributed by atoms with Gasteiger partial charge in [0.05, 0.1) is 12.2 Å². The summed E-state index contributed by atoms with van der Waals surface area (Å²) in [6.07, 6.45) is 2.99. The second-order valence-corrected chi connectivity index (χ2v) is 6.96. The van der Waals surface area contributed by atoms with Gasteiger partial charge in [-0.3, -0.25) is 0 Å². The molecule has 1 saturated heterocycles. The highest BCUT2D eigenvalue weighted by Crippen LogP contribution is 2.29. The van der Waals surface area contributed by atoms with E-state index in [0.717, 1.165) is 25.3 Å². The summed E-state index contributed by atoms with van der Waals surface area (Å²) in [5, 5.41) is 2.97. The highest BCUT2D eigenvalue weighted by atomic mass is 16.5. The topological polar surface area (TPSA) is 44.8 Å². The number of nitrogens with zero attached hydrogens (tertiary/aromatic N) is 2. The summed E-state index contributed by atoms with van der Waals surface area (Å²) in [5.74, 6) is 0.707. The van der Waals surface area contributed by atoms with E-state index in [1.807, 2.05) is 19.2 Å². The molecule has 1 aromatic rings. The second kappa shape index (κ2) is 6.79. The Morgan fingerprint density at radius 3 is 2.39 bits per heavy atom. The third-order valence-electron chi connectivity index (χ3n) is 4.48. The average Bonchev–Trinajstić information content (AvgIpc) is 3.31. The van der Waals surface area contributed by atoms with Crippen LogP contribution in [0.15, 0.2) is 24.3 Å². The lowest BCUT2D eigenvalue weighted by Gasteiger charge is -2.36. The number of amides is 2. The summed E-state index contributed by atoms with van der Waals surface area (Å²) < 4.78 is 5.77. The molecule has 0 radical (unpaired) electrons. The first-order valence-corrected chi connectivity index (χ1v) is 8.54. The Bertz CT molecular complexity index is 532. The van der Waals surface area contributed by atoms with Gasteiger partial charge in [0.1, 0.15) is 0 Å². The van der Waals surface area contributed by atoms with Crippen LogP contribution in [0, 0.1) is 5.92 Å². The van der Waals surface area contributed by atoms with E-state index >= 15 is 0 Å². The van der Waals surface area contributed by atoms with Gasteiger partial charge in [0.2, 0.25) is 0 Å². The maximum atomic E-state index is 12.1. The number of nitrogens with one attached hydrogen (secondary N) is 1. The molecule has 2 unspecified atom stereocenters. The van der Waals surface area contributed by atoms with Crippen molar-refractivity contribution >= 4 is 17.4 Å². The van der Waals surface area contributed by atoms with Gasteiger partial charge in [0.15, 0.2) is 0 Å². The van der Waals surface area contributed by atoms with E-state index in [1.54, 1.807) is 4.90 Å². The summed E-state index contributed by atoms with van der Waals surface area (Å²) in [6, 6.07) is 8.06. The predicted molar refractivity (Wildman–Crippen MR) is 93.0 cm³/mol. The number of ether oxygens (including phenoxy) is 1. The molecule has 1 aliphatic carbocycles. The number of anilines is 2. The fourth-order valence-electron chi connectivity index (χ4n) is 3.13. The standard InChI is InChI=1S/C18H27N3O2/c1-13-10-21(11-14(2)23-13)17-8-6-16(7-9-17)19-18(22)20(3)12-15-4-5-15/h6-9,13-15H,4-5,10-12H2,1-3H3,(H,19,22). The fraction of sp³-hybridized carbons (Fsp3) is 0.611. The monoisotopic (exact) mass is 317 g/mol. The minimum Gasteiger partial charge on any atom is -0.372 e. The van der Waals surface area contributed by atoms with E-state index < -0.39 is 0 Å². The highest BCUT2D eigenvalue weighted by molar-refractivity contribution is 5.89. The maximum Gasteiger partial charge on any atom is 0.321 e. The van der Waals surface area contributed by atoms with Crippen molar-refractivity contribution in [3.63, 3.8) is 0 Å². The Labute approximate surface area is 138 Å². The Balaban J connectivity index is 1.57. The van der Waals surface area contributed by atoms with Crippen LogP contribution in [0.3, 0.4) is 0 Å². The van der Waals surface area contributed by atoms with E-state index in [2.05, 4.69) is 36.2 Å². The predicted octanol–water partition coefficient (Wildman–Crippen LogP) is 3.17. The lowest BCUT2D eigenvalue weighted by atomic mass is 10.2. The van der Waals surface area contributed by atoms with Crippen LogP contribution in [-0.2, 0) is 4.74 Å². The molecule has 2 atom stereocenters. The highest BCUT2D eigenvalue weighted by Gasteiger charge is 2.25. The van der Waals surface area contributed by atoms with Gasteiger partial charge in [-0.25, -0.2) is 4.79 Å². The molecule has 2 aliphatic rings. The summed E-state index contributed by atoms with van der Waals surface area (Å²) in [7, 11) is 1.86. The van der Waals surface area contributed by atoms with Crippen molar-refractivity contribution < 1.29 is 9.53 Å². The molecular formula is C18H27N3O2. The summed E-state index contributed by atoms with van der Waals surface area (Å²) >= 11 is 0. The molecule has 126 valence electrons. The van der Waals surface area contributed by atoms with E-state index in [0.29, 0.717) is 5.92 Å². The van der Waals surface area contributed by atoms with E-state index in [-0.39, 0.29) is 18.2 Å². The van der Waals surface area contributed by atoms with Gasteiger partial charge >= 0.3 is 6.03 Å². The molecule has 2 amide bonds. The molecule has 2 fully saturated rings. The van der Waals surface area contributed by atoms with Gasteiger partial charge in [-0.1, -0.05) is 0 Å². The molecule has 1 aliphatic heterocycles. The fourth-order valence-corrected chi connectivity index (χ4v) is 3.13. The van der Waals surface area contributed by atoms with Crippen molar-refractivity contribution in [3.8, 4) is 0 Å². The van der Waals surface area contributed by atoms with Crippen molar-refractivity contribution in [2.75, 3.05) is 36.9 Å². The zero-order valence-corrected chi connectivity index (χ0v) is 14.3. The molecule has 5 heteroatoms. The third kappa shape index (κ3) is 4.38. The number of morpholine rings is 1. The molecule has 0 bridgehead atoms. The van der Waals surface area contributed by atoms with Crippen LogP contribution >= 0.6 is 0 Å². The second-order valence-electron chi connectivity index (χ2n) is 6.96. The Morgan fingerprint density at radius 1 is 1.22 bits per heavy atom. The summed E-state index contributed by atoms with van der Waals surface area (Å²) in [6.45, 7) is 6.87. The molecule has 1 N–H and O–H groups in total. The van der Waals surface area contributed by atoms with Crippen molar-refractivity contribution in [3.05, 3.63) is 24.3 Å². The normalized spacial score (nSPS) is 24.4. The van der Waals surface area contributed by atoms with Crippen LogP contribution in [0.4, 0.5) is 16.2 Å². The van der Waals surface area contributed by atoms with Gasteiger partial charge in [0.25, 0.3) is 0 Å². The van der Waals surface area contributed by atoms with E-state index in [1.165, 1.54) is 18.5 Å². The maximum absolute atomic E-state index is 12.1. The van der Waals surface area contributed by atoms with Crippen molar-refractivity contribution in [2.45, 2.75) is 38.9 Å². The van der Waals surface area contributed by atoms with Crippen LogP contribution in [-0.4, -0.2) is 49.8 Å². The first-order chi connectivity index (χ1) is 11.0.